The average molecular weight is 166 g/mol. The molecule has 0 unspecified atom stereocenters. The third kappa shape index (κ3) is 30.8. The van der Waals surface area contributed by atoms with Gasteiger partial charge in [-0.25, -0.2) is 0 Å². The van der Waals surface area contributed by atoms with Crippen LogP contribution in [0.2, 0.25) is 0 Å². The van der Waals surface area contributed by atoms with E-state index in [1.54, 1.807) is 0 Å². The summed E-state index contributed by atoms with van der Waals surface area (Å²) in [6, 6.07) is 0. The third-order valence-electron chi connectivity index (χ3n) is 0.328. The second-order valence-corrected chi connectivity index (χ2v) is 2.40. The highest BCUT2D eigenvalue weighted by Crippen LogP contribution is 1.72. The molecule has 0 spiro atoms. The molecule has 0 aliphatic carbocycles. The maximum Gasteiger partial charge on any atom is 0.130 e. The highest BCUT2D eigenvalue weighted by Gasteiger charge is 1.74. The zero-order valence-corrected chi connectivity index (χ0v) is 7.56. The summed E-state index contributed by atoms with van der Waals surface area (Å²) < 4.78 is 0.567. The van der Waals surface area contributed by atoms with Crippen LogP contribution in [0.4, 0.5) is 0 Å². The Morgan fingerprint density at radius 2 is 2.00 bits per heavy atom. The molecule has 0 fully saturated rings. The van der Waals surface area contributed by atoms with Crippen LogP contribution in [-0.2, 0) is 0 Å². The molecule has 0 aromatic carbocycles. The number of nitrogens with one attached hydrogen (secondary N) is 1. The number of thiol groups is 1. The molecule has 9 heavy (non-hydrogen) atoms. The number of thiocarbonyl (C=S) groups is 1. The maximum atomic E-state index is 4.85. The van der Waals surface area contributed by atoms with Crippen molar-refractivity contribution >= 4 is 29.2 Å². The van der Waals surface area contributed by atoms with Gasteiger partial charge in [0.25, 0.3) is 0 Å². The van der Waals surface area contributed by atoms with E-state index in [1.165, 1.54) is 0 Å². The minimum atomic E-state index is 0.567. The van der Waals surface area contributed by atoms with Crippen LogP contribution in [0.5, 0.6) is 0 Å². The minimum Gasteiger partial charge on any atom is -0.371 e. The van der Waals surface area contributed by atoms with Crippen molar-refractivity contribution in [3.05, 3.63) is 0 Å². The molecule has 0 aromatic heterocycles. The molecular formula is C5H14N2S2. The van der Waals surface area contributed by atoms with Crippen molar-refractivity contribution in [2.45, 2.75) is 13.8 Å². The molecule has 3 N–H and O–H groups in total. The van der Waals surface area contributed by atoms with Gasteiger partial charge in [0.1, 0.15) is 4.32 Å². The van der Waals surface area contributed by atoms with Gasteiger partial charge in [-0.2, -0.15) is 0 Å². The Balaban J connectivity index is 0. The Hall–Kier alpha value is 0.200. The zero-order chi connectivity index (χ0) is 7.70. The fourth-order valence-corrected chi connectivity index (χ4v) is 0.454. The molecule has 56 valence electrons. The molecule has 0 rings (SSSR count). The molecule has 0 aliphatic heterocycles. The Morgan fingerprint density at radius 1 is 1.67 bits per heavy atom. The number of nitrogens with two attached hydrogens (primary N) is 1. The molecule has 2 nitrogen and oxygen atoms in total. The van der Waals surface area contributed by atoms with Crippen LogP contribution in [-0.4, -0.2) is 17.4 Å². The molecule has 0 bridgehead atoms. The van der Waals surface area contributed by atoms with E-state index in [0.29, 0.717) is 4.32 Å². The number of hydrogen-bond acceptors (Lipinski definition) is 2. The molecule has 0 aromatic rings. The van der Waals surface area contributed by atoms with Crippen molar-refractivity contribution in [1.29, 1.82) is 0 Å². The van der Waals surface area contributed by atoms with Gasteiger partial charge in [-0.3, -0.25) is 0 Å². The topological polar surface area (TPSA) is 38.0 Å². The Bertz CT molecular complexity index is 66.0. The molecule has 0 heterocycles. The van der Waals surface area contributed by atoms with Gasteiger partial charge in [0, 0.05) is 6.54 Å². The summed E-state index contributed by atoms with van der Waals surface area (Å²) in [5.41, 5.74) is 4.85. The minimum absolute atomic E-state index is 0.567. The number of hydrogen-bond donors (Lipinski definition) is 3. The third-order valence-corrected chi connectivity index (χ3v) is 0.630. The van der Waals surface area contributed by atoms with Crippen molar-refractivity contribution in [3.8, 4) is 0 Å². The second-order valence-electron chi connectivity index (χ2n) is 1.24. The largest absolute Gasteiger partial charge is 0.371 e. The summed E-state index contributed by atoms with van der Waals surface area (Å²) in [6.45, 7) is 5.49. The summed E-state index contributed by atoms with van der Waals surface area (Å²) in [7, 11) is 0. The van der Waals surface area contributed by atoms with Crippen molar-refractivity contribution in [1.82, 2.24) is 5.32 Å². The van der Waals surface area contributed by atoms with Gasteiger partial charge < -0.3 is 11.1 Å². The lowest BCUT2D eigenvalue weighted by Crippen LogP contribution is -2.14. The second kappa shape index (κ2) is 11.1. The summed E-state index contributed by atoms with van der Waals surface area (Å²) >= 11 is 8.35. The van der Waals surface area contributed by atoms with E-state index in [2.05, 4.69) is 30.2 Å². The lowest BCUT2D eigenvalue weighted by atomic mass is 10.8. The van der Waals surface area contributed by atoms with Crippen molar-refractivity contribution in [3.63, 3.8) is 0 Å². The first-order valence-electron chi connectivity index (χ1n) is 2.85. The zero-order valence-electron chi connectivity index (χ0n) is 5.85. The standard InChI is InChI=1S/C3H7NS2.C2H7N/c1-2-4-3(5)6;1-2-3/h2H2,1H3,(H2,4,5,6);2-3H2,1H3. The van der Waals surface area contributed by atoms with Crippen LogP contribution in [0.15, 0.2) is 0 Å². The van der Waals surface area contributed by atoms with E-state index in [1.807, 2.05) is 13.8 Å². The summed E-state index contributed by atoms with van der Waals surface area (Å²) in [5.74, 6) is 0. The molecule has 0 saturated carbocycles. The molecule has 0 amide bonds. The molecule has 0 saturated heterocycles. The maximum absolute atomic E-state index is 4.85. The van der Waals surface area contributed by atoms with Gasteiger partial charge in [-0.05, 0) is 13.5 Å². The van der Waals surface area contributed by atoms with E-state index >= 15 is 0 Å². The van der Waals surface area contributed by atoms with Crippen molar-refractivity contribution in [2.75, 3.05) is 13.1 Å². The Morgan fingerprint density at radius 3 is 2.00 bits per heavy atom. The Labute approximate surface area is 67.6 Å². The van der Waals surface area contributed by atoms with Crippen LogP contribution < -0.4 is 11.1 Å². The monoisotopic (exact) mass is 166 g/mol. The SMILES string of the molecule is CCN.CCNC(=S)S. The fraction of sp³-hybridized carbons (Fsp3) is 0.800. The smallest absolute Gasteiger partial charge is 0.130 e. The molecular weight excluding hydrogens is 152 g/mol. The van der Waals surface area contributed by atoms with Gasteiger partial charge in [0.15, 0.2) is 0 Å². The Kier molecular flexibility index (Phi) is 14.7. The highest BCUT2D eigenvalue weighted by atomic mass is 32.1. The molecule has 0 radical (unpaired) electrons. The first-order valence-corrected chi connectivity index (χ1v) is 3.71. The van der Waals surface area contributed by atoms with Gasteiger partial charge in [-0.1, -0.05) is 19.1 Å². The van der Waals surface area contributed by atoms with Crippen molar-refractivity contribution in [2.24, 2.45) is 5.73 Å². The van der Waals surface area contributed by atoms with E-state index in [0.717, 1.165) is 13.1 Å². The predicted molar refractivity (Wildman–Crippen MR) is 50.0 cm³/mol. The predicted octanol–water partition coefficient (Wildman–Crippen LogP) is 0.776. The van der Waals surface area contributed by atoms with E-state index < -0.39 is 0 Å². The lowest BCUT2D eigenvalue weighted by molar-refractivity contribution is 0.996. The summed E-state index contributed by atoms with van der Waals surface area (Å²) in [6.07, 6.45) is 0. The first kappa shape index (κ1) is 11.9. The highest BCUT2D eigenvalue weighted by molar-refractivity contribution is 8.11. The summed E-state index contributed by atoms with van der Waals surface area (Å²) in [5, 5.41) is 2.80. The van der Waals surface area contributed by atoms with Gasteiger partial charge >= 0.3 is 0 Å². The van der Waals surface area contributed by atoms with E-state index in [4.69, 9.17) is 5.73 Å². The van der Waals surface area contributed by atoms with Gasteiger partial charge in [-0.15, -0.1) is 12.6 Å². The van der Waals surface area contributed by atoms with E-state index in [-0.39, 0.29) is 0 Å². The van der Waals surface area contributed by atoms with Gasteiger partial charge in [0.05, 0.1) is 0 Å². The summed E-state index contributed by atoms with van der Waals surface area (Å²) in [4.78, 5) is 0. The van der Waals surface area contributed by atoms with Crippen LogP contribution in [0.3, 0.4) is 0 Å². The number of rotatable bonds is 1. The van der Waals surface area contributed by atoms with Crippen molar-refractivity contribution < 1.29 is 0 Å². The quantitative estimate of drug-likeness (QED) is 0.398. The fourth-order valence-electron chi connectivity index (χ4n) is 0.151. The van der Waals surface area contributed by atoms with Crippen LogP contribution >= 0.6 is 24.8 Å². The van der Waals surface area contributed by atoms with E-state index in [9.17, 15) is 0 Å². The van der Waals surface area contributed by atoms with Crippen LogP contribution in [0.1, 0.15) is 13.8 Å². The molecule has 0 atom stereocenters. The average Bonchev–Trinajstić information content (AvgIpc) is 1.67. The lowest BCUT2D eigenvalue weighted by Gasteiger charge is -1.91. The van der Waals surface area contributed by atoms with Crippen LogP contribution in [0.25, 0.3) is 0 Å². The molecule has 0 aliphatic rings. The van der Waals surface area contributed by atoms with Crippen LogP contribution in [0, 0.1) is 0 Å². The molecule has 4 heteroatoms. The normalized spacial score (nSPS) is 7.11. The first-order chi connectivity index (χ1) is 4.18. The van der Waals surface area contributed by atoms with Gasteiger partial charge in [0.2, 0.25) is 0 Å².